The Kier molecular flexibility index (Phi) is 8.68. The van der Waals surface area contributed by atoms with Gasteiger partial charge in [0.1, 0.15) is 5.65 Å². The Hall–Kier alpha value is -2.17. The van der Waals surface area contributed by atoms with Crippen molar-refractivity contribution in [1.29, 1.82) is 0 Å². The number of guanidine groups is 1. The first kappa shape index (κ1) is 23.5. The molecule has 31 heavy (non-hydrogen) atoms. The molecule has 3 aromatic rings. The van der Waals surface area contributed by atoms with Gasteiger partial charge in [-0.05, 0) is 30.2 Å². The van der Waals surface area contributed by atoms with E-state index in [-0.39, 0.29) is 24.0 Å². The smallest absolute Gasteiger partial charge is 0.191 e. The second-order valence-corrected chi connectivity index (χ2v) is 7.56. The van der Waals surface area contributed by atoms with Gasteiger partial charge in [0.25, 0.3) is 0 Å². The maximum absolute atomic E-state index is 5.47. The van der Waals surface area contributed by atoms with Gasteiger partial charge in [-0.15, -0.1) is 24.0 Å². The summed E-state index contributed by atoms with van der Waals surface area (Å²) in [6.07, 6.45) is 2.07. The summed E-state index contributed by atoms with van der Waals surface area (Å²) in [6, 6.07) is 14.7. The number of nitrogens with zero attached hydrogens (tertiary/aromatic N) is 4. The largest absolute Gasteiger partial charge is 0.379 e. The third kappa shape index (κ3) is 6.18. The second kappa shape index (κ2) is 11.4. The van der Waals surface area contributed by atoms with Crippen molar-refractivity contribution in [3.05, 3.63) is 71.2 Å². The topological polar surface area (TPSA) is 66.2 Å². The number of rotatable bonds is 6. The molecule has 1 aliphatic rings. The fourth-order valence-electron chi connectivity index (χ4n) is 3.74. The van der Waals surface area contributed by atoms with E-state index >= 15 is 0 Å². The number of fused-ring (bicyclic) bond motifs is 1. The highest BCUT2D eigenvalue weighted by Gasteiger charge is 2.13. The van der Waals surface area contributed by atoms with Crippen molar-refractivity contribution < 1.29 is 4.74 Å². The summed E-state index contributed by atoms with van der Waals surface area (Å²) in [4.78, 5) is 11.5. The lowest BCUT2D eigenvalue weighted by Gasteiger charge is -2.27. The van der Waals surface area contributed by atoms with Gasteiger partial charge in [0, 0.05) is 45.1 Å². The summed E-state index contributed by atoms with van der Waals surface area (Å²) < 4.78 is 7.57. The van der Waals surface area contributed by atoms with E-state index in [2.05, 4.69) is 73.4 Å². The van der Waals surface area contributed by atoms with Crippen molar-refractivity contribution >= 4 is 35.6 Å². The van der Waals surface area contributed by atoms with Crippen LogP contribution in [-0.4, -0.2) is 53.6 Å². The number of hydrogen-bond donors (Lipinski definition) is 2. The first-order valence-electron chi connectivity index (χ1n) is 10.5. The van der Waals surface area contributed by atoms with Crippen molar-refractivity contribution in [2.75, 3.05) is 33.4 Å². The number of imidazole rings is 1. The number of ether oxygens (including phenoxy) is 1. The summed E-state index contributed by atoms with van der Waals surface area (Å²) in [6.45, 7) is 8.00. The van der Waals surface area contributed by atoms with E-state index in [1.807, 2.05) is 12.1 Å². The van der Waals surface area contributed by atoms with Crippen molar-refractivity contribution in [1.82, 2.24) is 24.9 Å². The summed E-state index contributed by atoms with van der Waals surface area (Å²) in [5, 5.41) is 6.81. The minimum absolute atomic E-state index is 0. The molecular formula is C23H31IN6O. The molecule has 1 aliphatic heterocycles. The summed E-state index contributed by atoms with van der Waals surface area (Å²) in [7, 11) is 1.79. The molecule has 166 valence electrons. The molecule has 0 aliphatic carbocycles. The van der Waals surface area contributed by atoms with Gasteiger partial charge in [0.05, 0.1) is 25.5 Å². The first-order valence-corrected chi connectivity index (χ1v) is 10.5. The fraction of sp³-hybridized carbons (Fsp3) is 0.391. The molecule has 3 heterocycles. The Bertz CT molecular complexity index is 1010. The highest BCUT2D eigenvalue weighted by molar-refractivity contribution is 14.0. The van der Waals surface area contributed by atoms with E-state index < -0.39 is 0 Å². The molecule has 7 nitrogen and oxygen atoms in total. The Morgan fingerprint density at radius 3 is 2.52 bits per heavy atom. The van der Waals surface area contributed by atoms with Crippen LogP contribution in [0.1, 0.15) is 22.5 Å². The lowest BCUT2D eigenvalue weighted by atomic mass is 10.1. The van der Waals surface area contributed by atoms with Crippen LogP contribution < -0.4 is 10.6 Å². The summed E-state index contributed by atoms with van der Waals surface area (Å²) >= 11 is 0. The van der Waals surface area contributed by atoms with E-state index in [1.54, 1.807) is 7.05 Å². The maximum Gasteiger partial charge on any atom is 0.191 e. The van der Waals surface area contributed by atoms with Crippen molar-refractivity contribution in [3.8, 4) is 0 Å². The van der Waals surface area contributed by atoms with Crippen LogP contribution in [0.5, 0.6) is 0 Å². The molecule has 8 heteroatoms. The average molecular weight is 534 g/mol. The SMILES string of the molecule is CN=C(NCc1cn2c(C)cccc2n1)NCc1ccccc1CN1CCOCC1.I. The highest BCUT2D eigenvalue weighted by Crippen LogP contribution is 2.13. The van der Waals surface area contributed by atoms with Gasteiger partial charge in [-0.2, -0.15) is 0 Å². The molecule has 0 unspecified atom stereocenters. The number of morpholine rings is 1. The number of nitrogens with one attached hydrogen (secondary N) is 2. The fourth-order valence-corrected chi connectivity index (χ4v) is 3.74. The van der Waals surface area contributed by atoms with Gasteiger partial charge in [0.15, 0.2) is 5.96 Å². The quantitative estimate of drug-likeness (QED) is 0.289. The van der Waals surface area contributed by atoms with E-state index in [9.17, 15) is 0 Å². The van der Waals surface area contributed by atoms with Crippen LogP contribution in [0, 0.1) is 6.92 Å². The molecule has 1 aromatic carbocycles. The van der Waals surface area contributed by atoms with Gasteiger partial charge < -0.3 is 19.8 Å². The van der Waals surface area contributed by atoms with Crippen LogP contribution in [0.3, 0.4) is 0 Å². The standard InChI is InChI=1S/C23H30N6O.HI/c1-18-6-5-9-22-27-21(17-29(18)22)15-26-23(24-2)25-14-19-7-3-4-8-20(19)16-28-10-12-30-13-11-28;/h3-9,17H,10-16H2,1-2H3,(H2,24,25,26);1H. The van der Waals surface area contributed by atoms with Crippen molar-refractivity contribution in [2.24, 2.45) is 4.99 Å². The monoisotopic (exact) mass is 534 g/mol. The molecule has 0 spiro atoms. The van der Waals surface area contributed by atoms with Gasteiger partial charge in [-0.1, -0.05) is 30.3 Å². The van der Waals surface area contributed by atoms with Crippen LogP contribution in [0.25, 0.3) is 5.65 Å². The summed E-state index contributed by atoms with van der Waals surface area (Å²) in [5.41, 5.74) is 5.76. The Labute approximate surface area is 200 Å². The van der Waals surface area contributed by atoms with Gasteiger partial charge in [0.2, 0.25) is 0 Å². The van der Waals surface area contributed by atoms with Crippen LogP contribution >= 0.6 is 24.0 Å². The number of aliphatic imine (C=N–C) groups is 1. The third-order valence-electron chi connectivity index (χ3n) is 5.47. The Morgan fingerprint density at radius 2 is 1.77 bits per heavy atom. The normalized spacial score (nSPS) is 15.0. The lowest BCUT2D eigenvalue weighted by molar-refractivity contribution is 0.0341. The molecule has 0 radical (unpaired) electrons. The van der Waals surface area contributed by atoms with Gasteiger partial charge in [-0.25, -0.2) is 4.98 Å². The summed E-state index contributed by atoms with van der Waals surface area (Å²) in [5.74, 6) is 0.768. The molecule has 0 amide bonds. The maximum atomic E-state index is 5.47. The molecule has 0 bridgehead atoms. The number of halogens is 1. The van der Waals surface area contributed by atoms with E-state index in [1.165, 1.54) is 16.8 Å². The number of pyridine rings is 1. The second-order valence-electron chi connectivity index (χ2n) is 7.56. The van der Waals surface area contributed by atoms with E-state index in [0.29, 0.717) is 6.54 Å². The molecule has 4 rings (SSSR count). The number of hydrogen-bond acceptors (Lipinski definition) is 4. The van der Waals surface area contributed by atoms with Crippen LogP contribution in [-0.2, 0) is 24.4 Å². The minimum Gasteiger partial charge on any atom is -0.379 e. The lowest BCUT2D eigenvalue weighted by Crippen LogP contribution is -2.37. The van der Waals surface area contributed by atoms with Gasteiger partial charge >= 0.3 is 0 Å². The molecule has 0 atom stereocenters. The van der Waals surface area contributed by atoms with Crippen LogP contribution in [0.4, 0.5) is 0 Å². The van der Waals surface area contributed by atoms with Gasteiger partial charge in [-0.3, -0.25) is 9.89 Å². The zero-order chi connectivity index (χ0) is 20.8. The predicted molar refractivity (Wildman–Crippen MR) is 135 cm³/mol. The molecule has 2 aromatic heterocycles. The van der Waals surface area contributed by atoms with E-state index in [4.69, 9.17) is 4.74 Å². The van der Waals surface area contributed by atoms with Crippen LogP contribution in [0.15, 0.2) is 53.7 Å². The number of aryl methyl sites for hydroxylation is 1. The minimum atomic E-state index is 0. The molecular weight excluding hydrogens is 503 g/mol. The van der Waals surface area contributed by atoms with Crippen molar-refractivity contribution in [3.63, 3.8) is 0 Å². The number of aromatic nitrogens is 2. The highest BCUT2D eigenvalue weighted by atomic mass is 127. The predicted octanol–water partition coefficient (Wildman–Crippen LogP) is 2.96. The van der Waals surface area contributed by atoms with E-state index in [0.717, 1.165) is 56.7 Å². The number of benzene rings is 1. The Morgan fingerprint density at radius 1 is 1.03 bits per heavy atom. The van der Waals surface area contributed by atoms with Crippen molar-refractivity contribution in [2.45, 2.75) is 26.6 Å². The molecule has 1 fully saturated rings. The molecule has 1 saturated heterocycles. The first-order chi connectivity index (χ1) is 14.7. The third-order valence-corrected chi connectivity index (χ3v) is 5.47. The molecule has 0 saturated carbocycles. The molecule has 2 N–H and O–H groups in total. The zero-order valence-corrected chi connectivity index (χ0v) is 20.5. The zero-order valence-electron chi connectivity index (χ0n) is 18.2. The average Bonchev–Trinajstić information content (AvgIpc) is 3.20. The van der Waals surface area contributed by atoms with Crippen LogP contribution in [0.2, 0.25) is 0 Å². The Balaban J connectivity index is 0.00000272.